The molecule has 0 bridgehead atoms. The minimum absolute atomic E-state index is 0.101. The summed E-state index contributed by atoms with van der Waals surface area (Å²) in [5.41, 5.74) is 0.615. The van der Waals surface area contributed by atoms with Crippen molar-refractivity contribution in [1.29, 1.82) is 0 Å². The molecule has 1 saturated heterocycles. The lowest BCUT2D eigenvalue weighted by Crippen LogP contribution is -2.43. The largest absolute Gasteiger partial charge is 0.464 e. The molecule has 0 spiro atoms. The number of furan rings is 1. The average Bonchev–Trinajstić information content (AvgIpc) is 3.38. The second kappa shape index (κ2) is 8.59. The number of piperidine rings is 1. The van der Waals surface area contributed by atoms with Crippen LogP contribution in [-0.4, -0.2) is 38.7 Å². The SMILES string of the molecule is C=CCn1c(SCC(=O)N2CCCC[C@H]2C)nc2scc(-c3ccco3)c2c1=O. The number of fused-ring (bicyclic) bond motifs is 1. The topological polar surface area (TPSA) is 68.3 Å². The van der Waals surface area contributed by atoms with Crippen LogP contribution in [0.2, 0.25) is 0 Å². The first-order valence-electron chi connectivity index (χ1n) is 9.69. The van der Waals surface area contributed by atoms with E-state index in [0.29, 0.717) is 27.7 Å². The van der Waals surface area contributed by atoms with Crippen molar-refractivity contribution >= 4 is 39.2 Å². The fourth-order valence-corrected chi connectivity index (χ4v) is 5.56. The van der Waals surface area contributed by atoms with Crippen LogP contribution in [0.3, 0.4) is 0 Å². The molecule has 1 aliphatic heterocycles. The summed E-state index contributed by atoms with van der Waals surface area (Å²) in [6, 6.07) is 3.90. The number of hydrogen-bond donors (Lipinski definition) is 0. The molecule has 6 nitrogen and oxygen atoms in total. The van der Waals surface area contributed by atoms with E-state index in [-0.39, 0.29) is 23.3 Å². The lowest BCUT2D eigenvalue weighted by Gasteiger charge is -2.33. The van der Waals surface area contributed by atoms with Crippen molar-refractivity contribution in [3.63, 3.8) is 0 Å². The van der Waals surface area contributed by atoms with Crippen LogP contribution in [0, 0.1) is 0 Å². The third-order valence-electron chi connectivity index (χ3n) is 5.21. The number of hydrogen-bond acceptors (Lipinski definition) is 6. The predicted octanol–water partition coefficient (Wildman–Crippen LogP) is 4.40. The number of carbonyl (C=O) groups is 1. The second-order valence-electron chi connectivity index (χ2n) is 7.13. The molecule has 3 aromatic rings. The van der Waals surface area contributed by atoms with Gasteiger partial charge in [-0.2, -0.15) is 0 Å². The summed E-state index contributed by atoms with van der Waals surface area (Å²) in [6.45, 7) is 7.02. The second-order valence-corrected chi connectivity index (χ2v) is 8.93. The molecule has 8 heteroatoms. The lowest BCUT2D eigenvalue weighted by atomic mass is 10.0. The summed E-state index contributed by atoms with van der Waals surface area (Å²) in [5.74, 6) is 1.02. The molecule has 1 amide bonds. The Morgan fingerprint density at radius 3 is 3.07 bits per heavy atom. The standard InChI is InChI=1S/C21H23N3O3S2/c1-3-9-24-20(26)18-15(16-8-6-11-27-16)12-28-19(18)22-21(24)29-13-17(25)23-10-5-4-7-14(23)2/h3,6,8,11-12,14H,1,4-5,7,9-10,13H2,2H3/t14-/m1/s1. The van der Waals surface area contributed by atoms with Gasteiger partial charge in [0, 0.05) is 30.1 Å². The van der Waals surface area contributed by atoms with Gasteiger partial charge in [-0.05, 0) is 38.3 Å². The monoisotopic (exact) mass is 429 g/mol. The molecule has 0 aliphatic carbocycles. The van der Waals surface area contributed by atoms with E-state index in [1.807, 2.05) is 16.3 Å². The molecule has 1 atom stereocenters. The number of allylic oxidation sites excluding steroid dienone is 1. The van der Waals surface area contributed by atoms with Crippen LogP contribution >= 0.6 is 23.1 Å². The third-order valence-corrected chi connectivity index (χ3v) is 7.04. The number of thioether (sulfide) groups is 1. The first-order valence-corrected chi connectivity index (χ1v) is 11.6. The highest BCUT2D eigenvalue weighted by Gasteiger charge is 2.24. The molecule has 152 valence electrons. The van der Waals surface area contributed by atoms with Gasteiger partial charge in [0.05, 0.1) is 17.4 Å². The molecule has 4 heterocycles. The highest BCUT2D eigenvalue weighted by atomic mass is 32.2. The van der Waals surface area contributed by atoms with Gasteiger partial charge in [0.25, 0.3) is 5.56 Å². The summed E-state index contributed by atoms with van der Waals surface area (Å²) in [5, 5.41) is 2.99. The van der Waals surface area contributed by atoms with Gasteiger partial charge >= 0.3 is 0 Å². The van der Waals surface area contributed by atoms with E-state index < -0.39 is 0 Å². The minimum Gasteiger partial charge on any atom is -0.464 e. The number of amides is 1. The van der Waals surface area contributed by atoms with Gasteiger partial charge < -0.3 is 9.32 Å². The van der Waals surface area contributed by atoms with E-state index >= 15 is 0 Å². The van der Waals surface area contributed by atoms with Gasteiger partial charge in [0.1, 0.15) is 10.6 Å². The number of rotatable bonds is 6. The van der Waals surface area contributed by atoms with Crippen LogP contribution in [0.25, 0.3) is 21.5 Å². The van der Waals surface area contributed by atoms with Crippen LogP contribution in [0.4, 0.5) is 0 Å². The predicted molar refractivity (Wildman–Crippen MR) is 118 cm³/mol. The first kappa shape index (κ1) is 20.0. The van der Waals surface area contributed by atoms with Crippen molar-refractivity contribution in [2.75, 3.05) is 12.3 Å². The molecule has 0 saturated carbocycles. The Morgan fingerprint density at radius 2 is 2.34 bits per heavy atom. The van der Waals surface area contributed by atoms with Gasteiger partial charge in [0.15, 0.2) is 5.16 Å². The minimum atomic E-state index is -0.135. The van der Waals surface area contributed by atoms with Gasteiger partial charge in [-0.15, -0.1) is 17.9 Å². The van der Waals surface area contributed by atoms with E-state index in [9.17, 15) is 9.59 Å². The number of carbonyl (C=O) groups excluding carboxylic acids is 1. The molecule has 0 N–H and O–H groups in total. The van der Waals surface area contributed by atoms with Gasteiger partial charge in [-0.1, -0.05) is 17.8 Å². The van der Waals surface area contributed by atoms with Crippen LogP contribution in [0.5, 0.6) is 0 Å². The Morgan fingerprint density at radius 1 is 1.48 bits per heavy atom. The highest BCUT2D eigenvalue weighted by Crippen LogP contribution is 2.32. The molecule has 3 aromatic heterocycles. The fourth-order valence-electron chi connectivity index (χ4n) is 3.70. The average molecular weight is 430 g/mol. The Bertz CT molecular complexity index is 1080. The Kier molecular flexibility index (Phi) is 5.91. The van der Waals surface area contributed by atoms with E-state index in [0.717, 1.165) is 24.9 Å². The van der Waals surface area contributed by atoms with Crippen molar-refractivity contribution in [3.8, 4) is 11.3 Å². The van der Waals surface area contributed by atoms with Crippen LogP contribution in [0.15, 0.2) is 50.8 Å². The normalized spacial score (nSPS) is 17.0. The van der Waals surface area contributed by atoms with Crippen molar-refractivity contribution in [3.05, 3.63) is 46.8 Å². The number of nitrogens with zero attached hydrogens (tertiary/aromatic N) is 3. The van der Waals surface area contributed by atoms with Gasteiger partial charge in [-0.25, -0.2) is 4.98 Å². The molecule has 0 unspecified atom stereocenters. The summed E-state index contributed by atoms with van der Waals surface area (Å²) in [4.78, 5) is 33.3. The molecular weight excluding hydrogens is 406 g/mol. The molecule has 4 rings (SSSR count). The van der Waals surface area contributed by atoms with E-state index in [1.165, 1.54) is 29.5 Å². The molecule has 1 aliphatic rings. The maximum atomic E-state index is 13.2. The lowest BCUT2D eigenvalue weighted by molar-refractivity contribution is -0.131. The maximum Gasteiger partial charge on any atom is 0.263 e. The number of likely N-dealkylation sites (tertiary alicyclic amines) is 1. The molecule has 0 radical (unpaired) electrons. The Labute approximate surface area is 177 Å². The maximum absolute atomic E-state index is 13.2. The van der Waals surface area contributed by atoms with Crippen molar-refractivity contribution < 1.29 is 9.21 Å². The third kappa shape index (κ3) is 3.91. The van der Waals surface area contributed by atoms with Crippen molar-refractivity contribution in [2.24, 2.45) is 0 Å². The smallest absolute Gasteiger partial charge is 0.263 e. The summed E-state index contributed by atoms with van der Waals surface area (Å²) in [6.07, 6.45) is 6.54. The first-order chi connectivity index (χ1) is 14.1. The Hall–Kier alpha value is -2.32. The molecule has 29 heavy (non-hydrogen) atoms. The zero-order valence-corrected chi connectivity index (χ0v) is 17.9. The quantitative estimate of drug-likeness (QED) is 0.330. The van der Waals surface area contributed by atoms with Crippen LogP contribution < -0.4 is 5.56 Å². The fraction of sp³-hybridized carbons (Fsp3) is 0.381. The van der Waals surface area contributed by atoms with Crippen LogP contribution in [0.1, 0.15) is 26.2 Å². The van der Waals surface area contributed by atoms with Crippen molar-refractivity contribution in [2.45, 2.75) is 43.9 Å². The highest BCUT2D eigenvalue weighted by molar-refractivity contribution is 7.99. The van der Waals surface area contributed by atoms with E-state index in [1.54, 1.807) is 23.0 Å². The summed E-state index contributed by atoms with van der Waals surface area (Å²) in [7, 11) is 0. The van der Waals surface area contributed by atoms with Crippen LogP contribution in [-0.2, 0) is 11.3 Å². The van der Waals surface area contributed by atoms with Gasteiger partial charge in [-0.3, -0.25) is 14.2 Å². The van der Waals surface area contributed by atoms with Gasteiger partial charge in [0.2, 0.25) is 5.91 Å². The molecular formula is C21H23N3O3S2. The number of aromatic nitrogens is 2. The molecule has 0 aromatic carbocycles. The van der Waals surface area contributed by atoms with Crippen molar-refractivity contribution in [1.82, 2.24) is 14.5 Å². The number of thiophene rings is 1. The zero-order valence-electron chi connectivity index (χ0n) is 16.3. The summed E-state index contributed by atoms with van der Waals surface area (Å²) >= 11 is 2.73. The molecule has 1 fully saturated rings. The van der Waals surface area contributed by atoms with E-state index in [2.05, 4.69) is 13.5 Å². The Balaban J connectivity index is 1.65. The summed E-state index contributed by atoms with van der Waals surface area (Å²) < 4.78 is 7.07. The zero-order chi connectivity index (χ0) is 20.4. The van der Waals surface area contributed by atoms with E-state index in [4.69, 9.17) is 9.40 Å².